The lowest BCUT2D eigenvalue weighted by molar-refractivity contribution is -0.0535. The lowest BCUT2D eigenvalue weighted by atomic mass is 9.77. The highest BCUT2D eigenvalue weighted by Crippen LogP contribution is 2.57. The molecular formula is C44H47N3O14. The summed E-state index contributed by atoms with van der Waals surface area (Å²) >= 11 is 0. The number of hydrogen-bond donors (Lipinski definition) is 3. The van der Waals surface area contributed by atoms with Crippen LogP contribution >= 0.6 is 0 Å². The Morgan fingerprint density at radius 3 is 2.26 bits per heavy atom. The van der Waals surface area contributed by atoms with Gasteiger partial charge in [0, 0.05) is 60.2 Å². The Labute approximate surface area is 349 Å². The van der Waals surface area contributed by atoms with Crippen LogP contribution in [-0.4, -0.2) is 82.3 Å². The van der Waals surface area contributed by atoms with Gasteiger partial charge in [-0.3, -0.25) is 19.1 Å². The molecule has 3 unspecified atom stereocenters. The van der Waals surface area contributed by atoms with Gasteiger partial charge >= 0.3 is 23.8 Å². The van der Waals surface area contributed by atoms with Crippen molar-refractivity contribution in [3.63, 3.8) is 0 Å². The fourth-order valence-electron chi connectivity index (χ4n) is 7.52. The minimum absolute atomic E-state index is 0.0651. The van der Waals surface area contributed by atoms with Gasteiger partial charge in [-0.15, -0.1) is 0 Å². The summed E-state index contributed by atoms with van der Waals surface area (Å²) in [5.41, 5.74) is -2.66. The fourth-order valence-corrected chi connectivity index (χ4v) is 7.52. The van der Waals surface area contributed by atoms with E-state index in [0.29, 0.717) is 35.1 Å². The van der Waals surface area contributed by atoms with E-state index in [1.807, 2.05) is 0 Å². The van der Waals surface area contributed by atoms with E-state index in [9.17, 15) is 33.9 Å². The average Bonchev–Trinajstić information content (AvgIpc) is 3.73. The van der Waals surface area contributed by atoms with Gasteiger partial charge in [-0.1, -0.05) is 0 Å². The zero-order chi connectivity index (χ0) is 44.0. The quantitative estimate of drug-likeness (QED) is 0.0826. The number of aryl methyl sites for hydroxylation is 1. The molecule has 1 amide bonds. The third kappa shape index (κ3) is 8.67. The lowest BCUT2D eigenvalue weighted by Gasteiger charge is -2.37. The molecule has 3 aromatic carbocycles. The summed E-state index contributed by atoms with van der Waals surface area (Å²) in [5.74, 6) is -1.43. The summed E-state index contributed by atoms with van der Waals surface area (Å²) in [6.45, 7) is 10.1. The molecule has 322 valence electrons. The largest absolute Gasteiger partial charge is 0.514 e. The van der Waals surface area contributed by atoms with Crippen molar-refractivity contribution >= 4 is 24.0 Å². The van der Waals surface area contributed by atoms with Gasteiger partial charge in [0.25, 0.3) is 11.5 Å². The number of esters is 2. The van der Waals surface area contributed by atoms with Crippen LogP contribution < -0.4 is 26.0 Å². The first-order valence-corrected chi connectivity index (χ1v) is 19.7. The van der Waals surface area contributed by atoms with Crippen molar-refractivity contribution < 1.29 is 57.4 Å². The highest BCUT2D eigenvalue weighted by Gasteiger charge is 2.54. The van der Waals surface area contributed by atoms with E-state index in [2.05, 4.69) is 10.3 Å². The fraction of sp³-hybridized carbons (Fsp3) is 0.409. The molecule has 3 aliphatic heterocycles. The molecule has 4 atom stereocenters. The second-order valence-corrected chi connectivity index (χ2v) is 16.9. The predicted octanol–water partition coefficient (Wildman–Crippen LogP) is 5.03. The summed E-state index contributed by atoms with van der Waals surface area (Å²) in [5, 5.41) is 12.5. The van der Waals surface area contributed by atoms with E-state index in [1.54, 1.807) is 59.7 Å². The van der Waals surface area contributed by atoms with Gasteiger partial charge in [-0.05, 0) is 103 Å². The van der Waals surface area contributed by atoms with E-state index in [1.165, 1.54) is 54.3 Å². The van der Waals surface area contributed by atoms with Crippen LogP contribution in [0.25, 0.3) is 0 Å². The number of carbonyl (C=O) groups excluding carboxylic acids is 4. The summed E-state index contributed by atoms with van der Waals surface area (Å²) < 4.78 is 41.4. The Kier molecular flexibility index (Phi) is 11.4. The molecule has 17 heteroatoms. The molecule has 0 aliphatic carbocycles. The lowest BCUT2D eigenvalue weighted by Crippen LogP contribution is -2.34. The van der Waals surface area contributed by atoms with Gasteiger partial charge in [0.2, 0.25) is 0 Å². The van der Waals surface area contributed by atoms with Crippen molar-refractivity contribution in [3.8, 4) is 17.2 Å². The normalized spacial score (nSPS) is 20.2. The number of aromatic nitrogens is 2. The number of carbonyl (C=O) groups is 4. The van der Waals surface area contributed by atoms with Crippen molar-refractivity contribution in [3.05, 3.63) is 121 Å². The Morgan fingerprint density at radius 2 is 1.59 bits per heavy atom. The van der Waals surface area contributed by atoms with E-state index in [0.717, 1.165) is 0 Å². The van der Waals surface area contributed by atoms with Gasteiger partial charge in [0.15, 0.2) is 5.60 Å². The first-order chi connectivity index (χ1) is 28.8. The van der Waals surface area contributed by atoms with Crippen LogP contribution in [0.4, 0.5) is 4.79 Å². The van der Waals surface area contributed by atoms with Gasteiger partial charge in [-0.25, -0.2) is 19.2 Å². The van der Waals surface area contributed by atoms with Crippen molar-refractivity contribution in [2.24, 2.45) is 0 Å². The van der Waals surface area contributed by atoms with Gasteiger partial charge < -0.3 is 43.6 Å². The molecule has 1 spiro atoms. The zero-order valence-corrected chi connectivity index (χ0v) is 34.7. The van der Waals surface area contributed by atoms with Crippen LogP contribution in [-0.2, 0) is 35.7 Å². The second kappa shape index (κ2) is 16.3. The SMILES string of the molecule is COC1CC(n2cc(CCCNC(=O)c3ccc4c(c3)C3(OC4=O)c4ccc(OC(=O)OC(C)(C)C)cc4Oc4cc(C(=O)OC(C)(C)C)ccc43)c(=O)[nH]c2=O)O[C@@H]1CO. The minimum Gasteiger partial charge on any atom is -0.456 e. The van der Waals surface area contributed by atoms with E-state index < -0.39 is 70.5 Å². The molecule has 1 saturated heterocycles. The number of aromatic amines is 1. The molecular weight excluding hydrogens is 794 g/mol. The number of methoxy groups -OCH3 is 1. The maximum atomic E-state index is 13.7. The number of aliphatic hydroxyl groups excluding tert-OH is 1. The first kappa shape index (κ1) is 42.8. The number of H-pyrrole nitrogens is 1. The Morgan fingerprint density at radius 1 is 0.902 bits per heavy atom. The van der Waals surface area contributed by atoms with Crippen LogP contribution in [0.15, 0.2) is 70.4 Å². The van der Waals surface area contributed by atoms with Crippen molar-refractivity contribution in [2.45, 2.75) is 96.0 Å². The monoisotopic (exact) mass is 841 g/mol. The van der Waals surface area contributed by atoms with Crippen LogP contribution in [0.2, 0.25) is 0 Å². The summed E-state index contributed by atoms with van der Waals surface area (Å²) in [6.07, 6.45) is -0.528. The number of benzene rings is 3. The molecule has 3 N–H and O–H groups in total. The smallest absolute Gasteiger partial charge is 0.456 e. The molecule has 4 aromatic rings. The molecule has 0 saturated carbocycles. The number of aliphatic hydroxyl groups is 1. The maximum absolute atomic E-state index is 13.7. The van der Waals surface area contributed by atoms with Crippen molar-refractivity contribution in [1.29, 1.82) is 0 Å². The number of ether oxygens (including phenoxy) is 7. The molecule has 1 fully saturated rings. The summed E-state index contributed by atoms with van der Waals surface area (Å²) in [6, 6.07) is 13.7. The number of amides is 1. The highest BCUT2D eigenvalue weighted by atomic mass is 16.7. The average molecular weight is 842 g/mol. The molecule has 61 heavy (non-hydrogen) atoms. The summed E-state index contributed by atoms with van der Waals surface area (Å²) in [7, 11) is 1.48. The third-order valence-electron chi connectivity index (χ3n) is 10.2. The molecule has 7 rings (SSSR count). The minimum atomic E-state index is -1.67. The van der Waals surface area contributed by atoms with Crippen LogP contribution in [0.5, 0.6) is 17.2 Å². The second-order valence-electron chi connectivity index (χ2n) is 16.9. The van der Waals surface area contributed by atoms with Crippen LogP contribution in [0.1, 0.15) is 114 Å². The Hall–Kier alpha value is -6.30. The molecule has 1 aromatic heterocycles. The molecule has 4 heterocycles. The Bertz CT molecular complexity index is 2520. The predicted molar refractivity (Wildman–Crippen MR) is 215 cm³/mol. The standard InChI is InChI=1S/C44H47N3O14/c1-42(2,3)59-38(51)24-11-14-28-31(18-24)57-32-19-26(56-41(54)61-43(4,5)6)12-15-29(32)44(28)30-17-23(10-13-27(30)39(52)60-44)36(49)45-16-8-9-25-21-47(40(53)46-37(25)50)35-20-33(55-7)34(22-48)58-35/h10-15,17-19,21,33-35,48H,8-9,16,20,22H2,1-7H3,(H,45,49)(H,46,50,53)/t33?,34-,35?,44?/m1/s1. The van der Waals surface area contributed by atoms with Gasteiger partial charge in [0.05, 0.1) is 23.8 Å². The molecule has 0 radical (unpaired) electrons. The number of nitrogens with zero attached hydrogens (tertiary/aromatic N) is 1. The maximum Gasteiger partial charge on any atom is 0.514 e. The van der Waals surface area contributed by atoms with Crippen LogP contribution in [0, 0.1) is 0 Å². The van der Waals surface area contributed by atoms with E-state index in [-0.39, 0.29) is 53.5 Å². The topological polar surface area (TPSA) is 220 Å². The Balaban J connectivity index is 1.16. The summed E-state index contributed by atoms with van der Waals surface area (Å²) in [4.78, 5) is 80.8. The van der Waals surface area contributed by atoms with Gasteiger partial charge in [-0.2, -0.15) is 0 Å². The van der Waals surface area contributed by atoms with Gasteiger partial charge in [0.1, 0.15) is 40.8 Å². The van der Waals surface area contributed by atoms with E-state index in [4.69, 9.17) is 33.2 Å². The number of rotatable bonds is 10. The van der Waals surface area contributed by atoms with E-state index >= 15 is 0 Å². The number of fused-ring (bicyclic) bond motifs is 6. The first-order valence-electron chi connectivity index (χ1n) is 19.7. The van der Waals surface area contributed by atoms with Crippen molar-refractivity contribution in [1.82, 2.24) is 14.9 Å². The molecule has 17 nitrogen and oxygen atoms in total. The highest BCUT2D eigenvalue weighted by molar-refractivity contribution is 6.01. The van der Waals surface area contributed by atoms with Crippen LogP contribution in [0.3, 0.4) is 0 Å². The van der Waals surface area contributed by atoms with Crippen molar-refractivity contribution in [2.75, 3.05) is 20.3 Å². The third-order valence-corrected chi connectivity index (χ3v) is 10.2. The number of nitrogens with one attached hydrogen (secondary N) is 2. The number of hydrogen-bond acceptors (Lipinski definition) is 14. The molecule has 0 bridgehead atoms. The molecule has 3 aliphatic rings. The zero-order valence-electron chi connectivity index (χ0n) is 34.7.